The van der Waals surface area contributed by atoms with E-state index in [2.05, 4.69) is 35.2 Å². The SMILES string of the molecule is Cc1cc(-c2nc(-c3ccc(OC(F)(F)F)cc3)no2)nn1Cc1ccc(NCCN2CCSCC2)nc1. The van der Waals surface area contributed by atoms with Crippen molar-refractivity contribution >= 4 is 17.6 Å². The van der Waals surface area contributed by atoms with E-state index in [9.17, 15) is 13.2 Å². The van der Waals surface area contributed by atoms with Crippen LogP contribution in [0.15, 0.2) is 53.2 Å². The maximum atomic E-state index is 12.4. The quantitative estimate of drug-likeness (QED) is 0.321. The zero-order valence-corrected chi connectivity index (χ0v) is 21.4. The van der Waals surface area contributed by atoms with Gasteiger partial charge in [0, 0.05) is 55.1 Å². The van der Waals surface area contributed by atoms with Crippen LogP contribution in [0.3, 0.4) is 0 Å². The molecule has 0 aliphatic carbocycles. The Kier molecular flexibility index (Phi) is 7.84. The summed E-state index contributed by atoms with van der Waals surface area (Å²) < 4.78 is 48.2. The van der Waals surface area contributed by atoms with E-state index >= 15 is 0 Å². The van der Waals surface area contributed by atoms with E-state index in [0.717, 1.165) is 43.3 Å². The number of hydrogen-bond acceptors (Lipinski definition) is 9. The lowest BCUT2D eigenvalue weighted by atomic mass is 10.2. The zero-order chi connectivity index (χ0) is 26.5. The van der Waals surface area contributed by atoms with Gasteiger partial charge < -0.3 is 14.6 Å². The van der Waals surface area contributed by atoms with Gasteiger partial charge >= 0.3 is 6.36 Å². The number of thioether (sulfide) groups is 1. The molecule has 0 unspecified atom stereocenters. The van der Waals surface area contributed by atoms with Gasteiger partial charge in [-0.25, -0.2) is 4.98 Å². The number of benzene rings is 1. The monoisotopic (exact) mass is 545 g/mol. The van der Waals surface area contributed by atoms with Gasteiger partial charge in [0.1, 0.15) is 11.6 Å². The summed E-state index contributed by atoms with van der Waals surface area (Å²) >= 11 is 2.01. The molecule has 13 heteroatoms. The Morgan fingerprint density at radius 2 is 1.89 bits per heavy atom. The number of halogens is 3. The molecule has 9 nitrogen and oxygen atoms in total. The van der Waals surface area contributed by atoms with Gasteiger partial charge in [0.05, 0.1) is 6.54 Å². The molecule has 1 aliphatic heterocycles. The molecule has 3 aromatic heterocycles. The van der Waals surface area contributed by atoms with Gasteiger partial charge in [0.15, 0.2) is 5.69 Å². The topological polar surface area (TPSA) is 94.1 Å². The number of aryl methyl sites for hydroxylation is 1. The normalized spacial score (nSPS) is 14.5. The molecule has 4 heterocycles. The van der Waals surface area contributed by atoms with Crippen LogP contribution in [0.4, 0.5) is 19.0 Å². The van der Waals surface area contributed by atoms with Crippen LogP contribution in [-0.4, -0.2) is 73.9 Å². The van der Waals surface area contributed by atoms with Gasteiger partial charge in [-0.15, -0.1) is 13.2 Å². The smallest absolute Gasteiger partial charge is 0.406 e. The number of rotatable bonds is 9. The number of anilines is 1. The second-order valence-electron chi connectivity index (χ2n) is 8.76. The number of aromatic nitrogens is 5. The maximum absolute atomic E-state index is 12.4. The highest BCUT2D eigenvalue weighted by atomic mass is 32.2. The van der Waals surface area contributed by atoms with E-state index in [4.69, 9.17) is 4.52 Å². The molecule has 1 fully saturated rings. The summed E-state index contributed by atoms with van der Waals surface area (Å²) in [7, 11) is 0. The van der Waals surface area contributed by atoms with Crippen LogP contribution in [0.1, 0.15) is 11.3 Å². The molecule has 5 rings (SSSR count). The second kappa shape index (κ2) is 11.4. The minimum absolute atomic E-state index is 0.211. The Labute approximate surface area is 221 Å². The zero-order valence-electron chi connectivity index (χ0n) is 20.6. The molecule has 1 saturated heterocycles. The van der Waals surface area contributed by atoms with Crippen molar-refractivity contribution in [2.24, 2.45) is 0 Å². The van der Waals surface area contributed by atoms with Crippen LogP contribution in [0.5, 0.6) is 5.75 Å². The number of pyridine rings is 1. The van der Waals surface area contributed by atoms with Crippen LogP contribution in [0.25, 0.3) is 23.0 Å². The summed E-state index contributed by atoms with van der Waals surface area (Å²) in [5, 5.41) is 11.9. The Bertz CT molecular complexity index is 1330. The Morgan fingerprint density at radius 3 is 2.61 bits per heavy atom. The lowest BCUT2D eigenvalue weighted by molar-refractivity contribution is -0.274. The molecule has 0 radical (unpaired) electrons. The Balaban J connectivity index is 1.18. The molecule has 4 aromatic rings. The van der Waals surface area contributed by atoms with Crippen molar-refractivity contribution in [3.8, 4) is 28.7 Å². The molecular formula is C25H26F3N7O2S. The number of nitrogens with one attached hydrogen (secondary N) is 1. The van der Waals surface area contributed by atoms with Gasteiger partial charge in [-0.2, -0.15) is 21.8 Å². The highest BCUT2D eigenvalue weighted by Crippen LogP contribution is 2.27. The summed E-state index contributed by atoms with van der Waals surface area (Å²) in [6.07, 6.45) is -2.92. The van der Waals surface area contributed by atoms with Crippen LogP contribution >= 0.6 is 11.8 Å². The largest absolute Gasteiger partial charge is 0.573 e. The third-order valence-electron chi connectivity index (χ3n) is 5.97. The van der Waals surface area contributed by atoms with Crippen LogP contribution in [0, 0.1) is 6.92 Å². The first-order chi connectivity index (χ1) is 18.3. The first-order valence-electron chi connectivity index (χ1n) is 12.1. The fourth-order valence-corrected chi connectivity index (χ4v) is 4.97. The molecule has 1 aliphatic rings. The molecule has 38 heavy (non-hydrogen) atoms. The van der Waals surface area contributed by atoms with E-state index < -0.39 is 6.36 Å². The summed E-state index contributed by atoms with van der Waals surface area (Å²) in [6.45, 7) is 6.60. The molecule has 0 atom stereocenters. The number of alkyl halides is 3. The van der Waals surface area contributed by atoms with Crippen molar-refractivity contribution in [3.05, 3.63) is 59.9 Å². The van der Waals surface area contributed by atoms with Crippen LogP contribution < -0.4 is 10.1 Å². The summed E-state index contributed by atoms with van der Waals surface area (Å²) in [4.78, 5) is 11.3. The summed E-state index contributed by atoms with van der Waals surface area (Å²) in [5.74, 6) is 3.36. The van der Waals surface area contributed by atoms with Crippen molar-refractivity contribution in [1.29, 1.82) is 0 Å². The van der Waals surface area contributed by atoms with Crippen molar-refractivity contribution in [1.82, 2.24) is 29.8 Å². The predicted octanol–water partition coefficient (Wildman–Crippen LogP) is 4.71. The fraction of sp³-hybridized carbons (Fsp3) is 0.360. The number of ether oxygens (including phenoxy) is 1. The van der Waals surface area contributed by atoms with Gasteiger partial charge in [0.2, 0.25) is 5.82 Å². The van der Waals surface area contributed by atoms with Gasteiger partial charge in [-0.1, -0.05) is 11.2 Å². The average molecular weight is 546 g/mol. The molecule has 0 saturated carbocycles. The van der Waals surface area contributed by atoms with Crippen LogP contribution in [-0.2, 0) is 6.54 Å². The Morgan fingerprint density at radius 1 is 1.11 bits per heavy atom. The minimum atomic E-state index is -4.75. The first-order valence-corrected chi connectivity index (χ1v) is 13.2. The molecule has 1 N–H and O–H groups in total. The molecule has 0 amide bonds. The van der Waals surface area contributed by atoms with Gasteiger partial charge in [-0.3, -0.25) is 9.58 Å². The summed E-state index contributed by atoms with van der Waals surface area (Å²) in [6, 6.07) is 11.1. The Hall–Kier alpha value is -3.58. The highest BCUT2D eigenvalue weighted by Gasteiger charge is 2.31. The molecule has 1 aromatic carbocycles. The predicted molar refractivity (Wildman–Crippen MR) is 138 cm³/mol. The molecule has 0 bridgehead atoms. The lowest BCUT2D eigenvalue weighted by Crippen LogP contribution is -2.36. The van der Waals surface area contributed by atoms with E-state index in [-0.39, 0.29) is 17.5 Å². The van der Waals surface area contributed by atoms with Crippen molar-refractivity contribution in [3.63, 3.8) is 0 Å². The average Bonchev–Trinajstić information content (AvgIpc) is 3.53. The first kappa shape index (κ1) is 26.0. The minimum Gasteiger partial charge on any atom is -0.406 e. The van der Waals surface area contributed by atoms with Gasteiger partial charge in [0.25, 0.3) is 5.89 Å². The summed E-state index contributed by atoms with van der Waals surface area (Å²) in [5.41, 5.74) is 2.88. The highest BCUT2D eigenvalue weighted by molar-refractivity contribution is 7.99. The van der Waals surface area contributed by atoms with Crippen molar-refractivity contribution in [2.45, 2.75) is 19.8 Å². The molecule has 0 spiro atoms. The van der Waals surface area contributed by atoms with Crippen molar-refractivity contribution in [2.75, 3.05) is 43.0 Å². The standard InChI is InChI=1S/C25H26F3N7O2S/c1-17-14-21(24-31-23(33-37-24)19-3-5-20(6-4-19)36-25(26,27)28)32-35(17)16-18-2-7-22(30-15-18)29-8-9-34-10-12-38-13-11-34/h2-7,14-15H,8-13,16H2,1H3,(H,29,30). The number of nitrogens with zero attached hydrogens (tertiary/aromatic N) is 6. The van der Waals surface area contributed by atoms with E-state index in [1.165, 1.54) is 35.8 Å². The van der Waals surface area contributed by atoms with E-state index in [1.807, 2.05) is 47.8 Å². The van der Waals surface area contributed by atoms with E-state index in [0.29, 0.717) is 17.8 Å². The van der Waals surface area contributed by atoms with Gasteiger partial charge in [-0.05, 0) is 48.9 Å². The second-order valence-corrected chi connectivity index (χ2v) is 9.98. The third kappa shape index (κ3) is 6.84. The van der Waals surface area contributed by atoms with Crippen LogP contribution in [0.2, 0.25) is 0 Å². The fourth-order valence-electron chi connectivity index (χ4n) is 3.99. The van der Waals surface area contributed by atoms with E-state index in [1.54, 1.807) is 0 Å². The maximum Gasteiger partial charge on any atom is 0.573 e. The third-order valence-corrected chi connectivity index (χ3v) is 6.91. The lowest BCUT2D eigenvalue weighted by Gasteiger charge is -2.26. The molecular weight excluding hydrogens is 519 g/mol. The van der Waals surface area contributed by atoms with Crippen molar-refractivity contribution < 1.29 is 22.4 Å². The number of hydrogen-bond donors (Lipinski definition) is 1. The molecule has 200 valence electrons.